The molecule has 0 bridgehead atoms. The summed E-state index contributed by atoms with van der Waals surface area (Å²) in [5.41, 5.74) is 3.36. The predicted octanol–water partition coefficient (Wildman–Crippen LogP) is 4.58. The molecule has 2 rings (SSSR count). The van der Waals surface area contributed by atoms with Gasteiger partial charge in [-0.3, -0.25) is 4.79 Å². The lowest BCUT2D eigenvalue weighted by Crippen LogP contribution is -1.96. The van der Waals surface area contributed by atoms with E-state index in [0.717, 1.165) is 33.7 Å². The monoisotopic (exact) mass is 234 g/mol. The molecule has 0 aliphatic rings. The molecule has 0 aliphatic carbocycles. The van der Waals surface area contributed by atoms with Gasteiger partial charge in [0.15, 0.2) is 6.29 Å². The summed E-state index contributed by atoms with van der Waals surface area (Å²) in [5, 5.41) is 1.93. The van der Waals surface area contributed by atoms with Crippen molar-refractivity contribution in [1.29, 1.82) is 0 Å². The average molecular weight is 234 g/mol. The summed E-state index contributed by atoms with van der Waals surface area (Å²) in [6.07, 6.45) is 6.10. The number of aldehydes is 1. The van der Waals surface area contributed by atoms with Gasteiger partial charge in [-0.25, -0.2) is 0 Å². The van der Waals surface area contributed by atoms with Crippen LogP contribution in [0.4, 0.5) is 0 Å². The molecular formula is C17H14O. The smallest absolute Gasteiger partial charge is 0.151 e. The maximum atomic E-state index is 11.4. The van der Waals surface area contributed by atoms with Crippen LogP contribution in [0.25, 0.3) is 29.0 Å². The third-order valence-electron chi connectivity index (χ3n) is 3.11. The number of rotatable bonds is 4. The number of benzene rings is 2. The number of fused-ring (bicyclic) bond motifs is 1. The van der Waals surface area contributed by atoms with Crippen LogP contribution in [0.2, 0.25) is 0 Å². The van der Waals surface area contributed by atoms with Gasteiger partial charge in [0, 0.05) is 5.56 Å². The van der Waals surface area contributed by atoms with Gasteiger partial charge in [-0.15, -0.1) is 0 Å². The Kier molecular flexibility index (Phi) is 3.24. The number of hydrogen-bond donors (Lipinski definition) is 0. The molecular weight excluding hydrogens is 220 g/mol. The molecule has 88 valence electrons. The summed E-state index contributed by atoms with van der Waals surface area (Å²) in [6, 6.07) is 7.79. The molecule has 2 aromatic rings. The highest BCUT2D eigenvalue weighted by Gasteiger charge is 2.13. The Morgan fingerprint density at radius 1 is 0.722 bits per heavy atom. The molecule has 1 heteroatoms. The van der Waals surface area contributed by atoms with Crippen molar-refractivity contribution < 1.29 is 4.79 Å². The summed E-state index contributed by atoms with van der Waals surface area (Å²) >= 11 is 0. The number of carbonyl (C=O) groups excluding carboxylic acids is 1. The van der Waals surface area contributed by atoms with Crippen molar-refractivity contribution in [3.63, 3.8) is 0 Å². The molecule has 1 nitrogen and oxygen atoms in total. The zero-order valence-electron chi connectivity index (χ0n) is 10.1. The minimum Gasteiger partial charge on any atom is -0.298 e. The third kappa shape index (κ3) is 1.61. The summed E-state index contributed by atoms with van der Waals surface area (Å²) in [4.78, 5) is 11.4. The second kappa shape index (κ2) is 4.84. The van der Waals surface area contributed by atoms with Crippen molar-refractivity contribution in [3.05, 3.63) is 66.3 Å². The summed E-state index contributed by atoms with van der Waals surface area (Å²) < 4.78 is 0. The molecule has 2 aromatic carbocycles. The summed E-state index contributed by atoms with van der Waals surface area (Å²) in [6.45, 7) is 11.5. The van der Waals surface area contributed by atoms with E-state index in [2.05, 4.69) is 19.7 Å². The van der Waals surface area contributed by atoms with Gasteiger partial charge in [0.2, 0.25) is 0 Å². The first-order valence-corrected chi connectivity index (χ1v) is 5.69. The Morgan fingerprint density at radius 2 is 1.17 bits per heavy atom. The molecule has 0 radical (unpaired) electrons. The zero-order chi connectivity index (χ0) is 13.1. The van der Waals surface area contributed by atoms with Gasteiger partial charge >= 0.3 is 0 Å². The van der Waals surface area contributed by atoms with Gasteiger partial charge in [-0.2, -0.15) is 0 Å². The van der Waals surface area contributed by atoms with Gasteiger partial charge in [-0.05, 0) is 27.5 Å². The standard InChI is InChI=1S/C17H14O/c1-4-12-13(5-2)15-9-7-8-10-16(15)17(11-18)14(12)6-3/h4-11H,1-3H2. The first-order chi connectivity index (χ1) is 8.78. The van der Waals surface area contributed by atoms with Crippen LogP contribution in [0.3, 0.4) is 0 Å². The van der Waals surface area contributed by atoms with Crippen molar-refractivity contribution in [3.8, 4) is 0 Å². The van der Waals surface area contributed by atoms with Crippen molar-refractivity contribution in [2.45, 2.75) is 0 Å². The highest BCUT2D eigenvalue weighted by molar-refractivity contribution is 6.07. The van der Waals surface area contributed by atoms with Gasteiger partial charge < -0.3 is 0 Å². The number of carbonyl (C=O) groups is 1. The molecule has 0 saturated heterocycles. The van der Waals surface area contributed by atoms with Crippen LogP contribution in [0, 0.1) is 0 Å². The van der Waals surface area contributed by atoms with E-state index in [1.54, 1.807) is 18.2 Å². The Morgan fingerprint density at radius 3 is 1.61 bits per heavy atom. The van der Waals surface area contributed by atoms with Crippen LogP contribution in [-0.4, -0.2) is 6.29 Å². The maximum absolute atomic E-state index is 11.4. The maximum Gasteiger partial charge on any atom is 0.151 e. The van der Waals surface area contributed by atoms with E-state index in [0.29, 0.717) is 5.56 Å². The first-order valence-electron chi connectivity index (χ1n) is 5.69. The van der Waals surface area contributed by atoms with Crippen LogP contribution in [0.5, 0.6) is 0 Å². The second-order valence-electron chi connectivity index (χ2n) is 3.93. The van der Waals surface area contributed by atoms with E-state index < -0.39 is 0 Å². The molecule has 0 spiro atoms. The third-order valence-corrected chi connectivity index (χ3v) is 3.11. The largest absolute Gasteiger partial charge is 0.298 e. The van der Waals surface area contributed by atoms with Crippen LogP contribution >= 0.6 is 0 Å². The first kappa shape index (κ1) is 12.1. The fourth-order valence-corrected chi connectivity index (χ4v) is 2.32. The molecule has 18 heavy (non-hydrogen) atoms. The van der Waals surface area contributed by atoms with Gasteiger partial charge in [0.25, 0.3) is 0 Å². The molecule has 0 atom stereocenters. The molecule has 0 aromatic heterocycles. The lowest BCUT2D eigenvalue weighted by molar-refractivity contribution is 0.112. The minimum absolute atomic E-state index is 0.654. The lowest BCUT2D eigenvalue weighted by atomic mass is 9.89. The fraction of sp³-hybridized carbons (Fsp3) is 0. The molecule has 0 fully saturated rings. The fourth-order valence-electron chi connectivity index (χ4n) is 2.32. The van der Waals surface area contributed by atoms with Gasteiger partial charge in [0.1, 0.15) is 0 Å². The molecule has 0 aliphatic heterocycles. The molecule has 0 saturated carbocycles. The molecule has 0 amide bonds. The van der Waals surface area contributed by atoms with E-state index >= 15 is 0 Å². The Bertz CT molecular complexity index is 604. The average Bonchev–Trinajstić information content (AvgIpc) is 2.44. The van der Waals surface area contributed by atoms with Crippen LogP contribution in [-0.2, 0) is 0 Å². The molecule has 0 unspecified atom stereocenters. The Balaban J connectivity index is 3.13. The van der Waals surface area contributed by atoms with Crippen LogP contribution in [0.15, 0.2) is 44.0 Å². The highest BCUT2D eigenvalue weighted by atomic mass is 16.1. The summed E-state index contributed by atoms with van der Waals surface area (Å²) in [5.74, 6) is 0. The van der Waals surface area contributed by atoms with E-state index in [1.165, 1.54) is 0 Å². The topological polar surface area (TPSA) is 17.1 Å². The van der Waals surface area contributed by atoms with Crippen LogP contribution < -0.4 is 0 Å². The number of hydrogen-bond acceptors (Lipinski definition) is 1. The second-order valence-corrected chi connectivity index (χ2v) is 3.93. The SMILES string of the molecule is C=Cc1c(C=C)c(C=O)c2ccccc2c1C=C. The zero-order valence-corrected chi connectivity index (χ0v) is 10.1. The van der Waals surface area contributed by atoms with Crippen molar-refractivity contribution in [1.82, 2.24) is 0 Å². The van der Waals surface area contributed by atoms with E-state index in [1.807, 2.05) is 24.3 Å². The Labute approximate surface area is 107 Å². The van der Waals surface area contributed by atoms with Crippen molar-refractivity contribution in [2.24, 2.45) is 0 Å². The minimum atomic E-state index is 0.654. The van der Waals surface area contributed by atoms with Gasteiger partial charge in [0.05, 0.1) is 0 Å². The predicted molar refractivity (Wildman–Crippen MR) is 79.6 cm³/mol. The van der Waals surface area contributed by atoms with Gasteiger partial charge in [-0.1, -0.05) is 62.2 Å². The van der Waals surface area contributed by atoms with E-state index in [-0.39, 0.29) is 0 Å². The Hall–Kier alpha value is -2.41. The van der Waals surface area contributed by atoms with E-state index in [9.17, 15) is 4.79 Å². The quantitative estimate of drug-likeness (QED) is 0.707. The van der Waals surface area contributed by atoms with Crippen molar-refractivity contribution in [2.75, 3.05) is 0 Å². The van der Waals surface area contributed by atoms with Crippen molar-refractivity contribution >= 4 is 35.3 Å². The lowest BCUT2D eigenvalue weighted by Gasteiger charge is -2.14. The normalized spacial score (nSPS) is 10.0. The summed E-state index contributed by atoms with van der Waals surface area (Å²) in [7, 11) is 0. The highest BCUT2D eigenvalue weighted by Crippen LogP contribution is 2.32. The molecule has 0 N–H and O–H groups in total. The molecule has 0 heterocycles. The van der Waals surface area contributed by atoms with E-state index in [4.69, 9.17) is 0 Å². The van der Waals surface area contributed by atoms with Crippen LogP contribution in [0.1, 0.15) is 27.0 Å².